The van der Waals surface area contributed by atoms with Crippen LogP contribution in [-0.4, -0.2) is 39.1 Å². The Kier molecular flexibility index (Phi) is 10.5. The molecule has 0 saturated carbocycles. The number of nitrogens with zero attached hydrogens (tertiary/aromatic N) is 2. The van der Waals surface area contributed by atoms with Crippen LogP contribution in [0.4, 0.5) is 4.39 Å². The zero-order valence-corrected chi connectivity index (χ0v) is 34.7. The number of cyclic esters (lactones) is 1. The Bertz CT molecular complexity index is 2720. The van der Waals surface area contributed by atoms with Gasteiger partial charge in [0.25, 0.3) is 5.56 Å². The third-order valence-corrected chi connectivity index (χ3v) is 13.3. The van der Waals surface area contributed by atoms with Crippen LogP contribution in [0, 0.1) is 19.7 Å². The van der Waals surface area contributed by atoms with Crippen LogP contribution in [0.3, 0.4) is 0 Å². The van der Waals surface area contributed by atoms with Crippen molar-refractivity contribution in [2.45, 2.75) is 95.7 Å². The third-order valence-electron chi connectivity index (χ3n) is 13.3. The second-order valence-electron chi connectivity index (χ2n) is 16.8. The van der Waals surface area contributed by atoms with Crippen molar-refractivity contribution in [1.82, 2.24) is 20.2 Å². The Labute approximate surface area is 354 Å². The van der Waals surface area contributed by atoms with E-state index in [2.05, 4.69) is 90.4 Å². The minimum Gasteiger partial charge on any atom is -0.458 e. The molecule has 0 spiro atoms. The van der Waals surface area contributed by atoms with Crippen LogP contribution in [0.15, 0.2) is 102 Å². The fraction of sp³-hybridized carbons (Fsp3) is 0.320. The number of carbonyl (C=O) groups excluding carboxylic acids is 2. The Morgan fingerprint density at radius 3 is 2.31 bits per heavy atom. The zero-order valence-electron chi connectivity index (χ0n) is 34.7. The van der Waals surface area contributed by atoms with Gasteiger partial charge in [-0.05, 0) is 91.9 Å². The number of aliphatic hydroxyl groups is 1. The third kappa shape index (κ3) is 6.66. The number of carbonyl (C=O) groups is 2. The second kappa shape index (κ2) is 15.8. The molecule has 5 N–H and O–H groups in total. The molecule has 61 heavy (non-hydrogen) atoms. The lowest BCUT2D eigenvalue weighted by Crippen LogP contribution is -2.45. The number of nitrogens with two attached hydrogens (primary N) is 1. The summed E-state index contributed by atoms with van der Waals surface area (Å²) in [5.41, 5.74) is 12.9. The molecule has 4 heterocycles. The van der Waals surface area contributed by atoms with E-state index in [9.17, 15) is 19.5 Å². The van der Waals surface area contributed by atoms with E-state index in [0.717, 1.165) is 45.2 Å². The highest BCUT2D eigenvalue weighted by Crippen LogP contribution is 2.46. The Morgan fingerprint density at radius 2 is 1.64 bits per heavy atom. The number of halogens is 1. The molecule has 2 aliphatic heterocycles. The first-order chi connectivity index (χ1) is 29.5. The molecule has 4 aromatic carbocycles. The first kappa shape index (κ1) is 40.4. The lowest BCUT2D eigenvalue weighted by atomic mass is 9.76. The van der Waals surface area contributed by atoms with Crippen molar-refractivity contribution in [3.8, 4) is 11.4 Å². The fourth-order valence-electron chi connectivity index (χ4n) is 9.86. The molecule has 0 fully saturated rings. The number of benzene rings is 4. The number of pyridine rings is 2. The number of ether oxygens (including phenoxy) is 1. The van der Waals surface area contributed by atoms with Gasteiger partial charge in [0.1, 0.15) is 12.4 Å². The molecule has 312 valence electrons. The van der Waals surface area contributed by atoms with Gasteiger partial charge in [0.15, 0.2) is 5.60 Å². The van der Waals surface area contributed by atoms with Crippen molar-refractivity contribution < 1.29 is 23.8 Å². The van der Waals surface area contributed by atoms with Gasteiger partial charge in [-0.25, -0.2) is 14.2 Å². The fourth-order valence-corrected chi connectivity index (χ4v) is 9.86. The first-order valence-corrected chi connectivity index (χ1v) is 21.3. The van der Waals surface area contributed by atoms with Gasteiger partial charge in [-0.3, -0.25) is 14.9 Å². The molecule has 10 nitrogen and oxygen atoms in total. The van der Waals surface area contributed by atoms with E-state index in [-0.39, 0.29) is 48.0 Å². The van der Waals surface area contributed by atoms with Crippen molar-refractivity contribution in [1.29, 1.82) is 0 Å². The van der Waals surface area contributed by atoms with E-state index in [1.807, 2.05) is 12.1 Å². The number of hydrogen-bond donors (Lipinski definition) is 4. The highest BCUT2D eigenvalue weighted by atomic mass is 19.1. The summed E-state index contributed by atoms with van der Waals surface area (Å²) in [5, 5.41) is 19.4. The van der Waals surface area contributed by atoms with Gasteiger partial charge in [-0.2, -0.15) is 0 Å². The van der Waals surface area contributed by atoms with Gasteiger partial charge >= 0.3 is 5.97 Å². The van der Waals surface area contributed by atoms with Crippen LogP contribution in [-0.2, 0) is 45.0 Å². The molecule has 0 radical (unpaired) electrons. The summed E-state index contributed by atoms with van der Waals surface area (Å²) in [7, 11) is 0. The van der Waals surface area contributed by atoms with Crippen molar-refractivity contribution in [3.63, 3.8) is 0 Å². The summed E-state index contributed by atoms with van der Waals surface area (Å²) in [6.07, 6.45) is 2.98. The molecule has 1 amide bonds. The van der Waals surface area contributed by atoms with Crippen LogP contribution < -0.4 is 21.9 Å². The van der Waals surface area contributed by atoms with Crippen molar-refractivity contribution in [3.05, 3.63) is 169 Å². The smallest absolute Gasteiger partial charge is 0.343 e. The molecular weight excluding hydrogens is 770 g/mol. The van der Waals surface area contributed by atoms with Gasteiger partial charge in [0.2, 0.25) is 5.91 Å². The number of hydrogen-bond acceptors (Lipinski definition) is 8. The minimum absolute atomic E-state index is 0.0132. The van der Waals surface area contributed by atoms with Crippen molar-refractivity contribution in [2.75, 3.05) is 6.54 Å². The number of nitrogens with one attached hydrogen (secondary N) is 2. The summed E-state index contributed by atoms with van der Waals surface area (Å²) in [6, 6.07) is 31.4. The quantitative estimate of drug-likeness (QED) is 0.0585. The van der Waals surface area contributed by atoms with E-state index in [1.54, 1.807) is 24.5 Å². The van der Waals surface area contributed by atoms with E-state index >= 15 is 4.39 Å². The van der Waals surface area contributed by atoms with Crippen LogP contribution in [0.1, 0.15) is 101 Å². The van der Waals surface area contributed by atoms with Crippen molar-refractivity contribution in [2.24, 2.45) is 5.73 Å². The van der Waals surface area contributed by atoms with Gasteiger partial charge in [-0.15, -0.1) is 0 Å². The maximum absolute atomic E-state index is 15.4. The van der Waals surface area contributed by atoms with Gasteiger partial charge in [0.05, 0.1) is 46.6 Å². The standard InChI is InChI=1S/C50H50FN5O5/c1-4-49(60)37-25-42-45-35(27-56(42)47(58)36(37)28-61-48(49)59)44-40(23-22-34-30(3)38(51)26-41(54-45)43(34)44)55-46(57)39(52)17-11-12-24-53-50(31-13-7-5-8-14-31,32-15-9-6-10-16-32)33-20-18-29(2)19-21-33/h5-10,13-16,18-21,25-26,39-40,53,60H,4,11-12,17,22-24,27-28,52H2,1-3H3,(H,55,57)/t39-,40-,49-/m0/s1. The highest BCUT2D eigenvalue weighted by Gasteiger charge is 2.46. The number of rotatable bonds is 12. The molecular formula is C50H50FN5O5. The summed E-state index contributed by atoms with van der Waals surface area (Å²) in [5.74, 6) is -1.47. The average Bonchev–Trinajstić information content (AvgIpc) is 3.65. The number of fused-ring (bicyclic) bond motifs is 5. The van der Waals surface area contributed by atoms with Crippen LogP contribution in [0.25, 0.3) is 22.3 Å². The largest absolute Gasteiger partial charge is 0.458 e. The molecule has 11 heteroatoms. The topological polar surface area (TPSA) is 149 Å². The predicted molar refractivity (Wildman–Crippen MR) is 232 cm³/mol. The number of unbranched alkanes of at least 4 members (excludes halogenated alkanes) is 1. The van der Waals surface area contributed by atoms with Gasteiger partial charge in [-0.1, -0.05) is 104 Å². The number of esters is 1. The van der Waals surface area contributed by atoms with Crippen LogP contribution in [0.5, 0.6) is 0 Å². The van der Waals surface area contributed by atoms with E-state index in [4.69, 9.17) is 15.5 Å². The Balaban J connectivity index is 0.962. The summed E-state index contributed by atoms with van der Waals surface area (Å²) >= 11 is 0. The van der Waals surface area contributed by atoms with Crippen LogP contribution >= 0.6 is 0 Å². The summed E-state index contributed by atoms with van der Waals surface area (Å²) in [4.78, 5) is 45.7. The molecule has 3 atom stereocenters. The van der Waals surface area contributed by atoms with E-state index in [1.165, 1.54) is 11.6 Å². The van der Waals surface area contributed by atoms with Crippen molar-refractivity contribution >= 4 is 22.8 Å². The number of aromatic nitrogens is 2. The van der Waals surface area contributed by atoms with E-state index < -0.39 is 29.2 Å². The molecule has 0 saturated heterocycles. The number of amides is 1. The predicted octanol–water partition coefficient (Wildman–Crippen LogP) is 7.02. The monoisotopic (exact) mass is 819 g/mol. The SMILES string of the molecule is CC[C@@]1(O)C(=O)OCc2c1cc1n(c2=O)Cc2c-1nc1cc(F)c(C)c3c1c2[C@@H](NC(=O)[C@@H](N)CCCCNC(c1ccccc1)(c1ccccc1)c1ccc(C)cc1)CC3. The molecule has 0 bridgehead atoms. The second-order valence-corrected chi connectivity index (χ2v) is 16.8. The summed E-state index contributed by atoms with van der Waals surface area (Å²) in [6.45, 7) is 6.08. The van der Waals surface area contributed by atoms with Gasteiger partial charge < -0.3 is 25.5 Å². The molecule has 6 aromatic rings. The Morgan fingerprint density at radius 1 is 0.967 bits per heavy atom. The van der Waals surface area contributed by atoms with Gasteiger partial charge in [0, 0.05) is 22.6 Å². The lowest BCUT2D eigenvalue weighted by Gasteiger charge is -2.37. The first-order valence-electron chi connectivity index (χ1n) is 21.3. The maximum Gasteiger partial charge on any atom is 0.343 e. The normalized spacial score (nSPS) is 18.3. The average molecular weight is 820 g/mol. The maximum atomic E-state index is 15.4. The summed E-state index contributed by atoms with van der Waals surface area (Å²) < 4.78 is 22.3. The molecule has 1 aliphatic carbocycles. The molecule has 9 rings (SSSR count). The molecule has 2 aromatic heterocycles. The zero-order chi connectivity index (χ0) is 42.6. The van der Waals surface area contributed by atoms with Crippen LogP contribution in [0.2, 0.25) is 0 Å². The highest BCUT2D eigenvalue weighted by molar-refractivity contribution is 5.94. The lowest BCUT2D eigenvalue weighted by molar-refractivity contribution is -0.172. The molecule has 3 aliphatic rings. The number of aryl methyl sites for hydroxylation is 2. The molecule has 0 unspecified atom stereocenters. The Hall–Kier alpha value is -6.01. The minimum atomic E-state index is -1.98. The van der Waals surface area contributed by atoms with E-state index in [0.29, 0.717) is 54.7 Å².